The molecule has 1 N–H and O–H groups in total. The van der Waals surface area contributed by atoms with Crippen LogP contribution in [0.3, 0.4) is 0 Å². The van der Waals surface area contributed by atoms with E-state index >= 15 is 0 Å². The summed E-state index contributed by atoms with van der Waals surface area (Å²) < 4.78 is 34.3. The molecular formula is C16H25N5O4S. The number of nitrogens with one attached hydrogen (secondary N) is 1. The van der Waals surface area contributed by atoms with Gasteiger partial charge in [0.25, 0.3) is 10.2 Å². The summed E-state index contributed by atoms with van der Waals surface area (Å²) in [4.78, 5) is 17.8. The maximum Gasteiger partial charge on any atom is 0.321 e. The predicted molar refractivity (Wildman–Crippen MR) is 96.9 cm³/mol. The summed E-state index contributed by atoms with van der Waals surface area (Å²) in [7, 11) is -3.54. The van der Waals surface area contributed by atoms with Crippen molar-refractivity contribution in [1.29, 1.82) is 0 Å². The highest BCUT2D eigenvalue weighted by atomic mass is 32.2. The summed E-state index contributed by atoms with van der Waals surface area (Å²) in [6.07, 6.45) is 2.96. The standard InChI is InChI=1S/C16H25N5O4S/c1-13-11-21(12-14(2)25-13)26(23,24)20-9-7-19(8-10-20)16(22)18-15-3-5-17-6-4-15/h3-6,13-14H,7-12H2,1-2H3,(H,17,18,22). The number of aromatic nitrogens is 1. The van der Waals surface area contributed by atoms with E-state index in [9.17, 15) is 13.2 Å². The number of urea groups is 1. The molecule has 0 radical (unpaired) electrons. The Balaban J connectivity index is 1.56. The normalized spacial score (nSPS) is 25.8. The van der Waals surface area contributed by atoms with E-state index in [1.54, 1.807) is 29.4 Å². The number of hydrogen-bond acceptors (Lipinski definition) is 5. The number of pyridine rings is 1. The summed E-state index contributed by atoms with van der Waals surface area (Å²) in [5, 5.41) is 2.79. The van der Waals surface area contributed by atoms with Crippen LogP contribution in [-0.2, 0) is 14.9 Å². The van der Waals surface area contributed by atoms with E-state index in [1.165, 1.54) is 8.61 Å². The number of rotatable bonds is 3. The Bertz CT molecular complexity index is 711. The van der Waals surface area contributed by atoms with Gasteiger partial charge >= 0.3 is 6.03 Å². The molecule has 26 heavy (non-hydrogen) atoms. The number of carbonyl (C=O) groups excluding carboxylic acids is 1. The average molecular weight is 383 g/mol. The summed E-state index contributed by atoms with van der Waals surface area (Å²) in [5.41, 5.74) is 0.663. The Morgan fingerprint density at radius 3 is 2.23 bits per heavy atom. The third kappa shape index (κ3) is 4.32. The molecule has 3 rings (SSSR count). The molecule has 144 valence electrons. The number of piperazine rings is 1. The quantitative estimate of drug-likeness (QED) is 0.824. The Hall–Kier alpha value is -1.75. The van der Waals surface area contributed by atoms with Crippen molar-refractivity contribution in [3.63, 3.8) is 0 Å². The lowest BCUT2D eigenvalue weighted by atomic mass is 10.3. The monoisotopic (exact) mass is 383 g/mol. The van der Waals surface area contributed by atoms with Gasteiger partial charge in [-0.2, -0.15) is 17.0 Å². The van der Waals surface area contributed by atoms with E-state index < -0.39 is 10.2 Å². The molecular weight excluding hydrogens is 358 g/mol. The Labute approximate surface area is 154 Å². The van der Waals surface area contributed by atoms with Crippen molar-refractivity contribution in [3.05, 3.63) is 24.5 Å². The Morgan fingerprint density at radius 2 is 1.65 bits per heavy atom. The minimum atomic E-state index is -3.54. The second-order valence-electron chi connectivity index (χ2n) is 6.63. The Morgan fingerprint density at radius 1 is 1.08 bits per heavy atom. The zero-order valence-corrected chi connectivity index (χ0v) is 15.9. The maximum absolute atomic E-state index is 12.9. The molecule has 0 spiro atoms. The number of hydrogen-bond donors (Lipinski definition) is 1. The van der Waals surface area contributed by atoms with Gasteiger partial charge in [0.2, 0.25) is 0 Å². The molecule has 0 aliphatic carbocycles. The van der Waals surface area contributed by atoms with Gasteiger partial charge in [-0.05, 0) is 26.0 Å². The van der Waals surface area contributed by atoms with Crippen molar-refractivity contribution < 1.29 is 17.9 Å². The van der Waals surface area contributed by atoms with Crippen LogP contribution < -0.4 is 5.32 Å². The van der Waals surface area contributed by atoms with Crippen molar-refractivity contribution >= 4 is 21.9 Å². The van der Waals surface area contributed by atoms with E-state index in [-0.39, 0.29) is 31.3 Å². The lowest BCUT2D eigenvalue weighted by Crippen LogP contribution is -2.58. The van der Waals surface area contributed by atoms with Crippen molar-refractivity contribution in [2.45, 2.75) is 26.1 Å². The van der Waals surface area contributed by atoms with E-state index in [4.69, 9.17) is 4.74 Å². The van der Waals surface area contributed by atoms with Crippen LogP contribution in [0.15, 0.2) is 24.5 Å². The number of morpholine rings is 1. The molecule has 2 atom stereocenters. The zero-order valence-electron chi connectivity index (χ0n) is 15.0. The molecule has 3 heterocycles. The molecule has 0 saturated carbocycles. The van der Waals surface area contributed by atoms with Crippen LogP contribution >= 0.6 is 0 Å². The van der Waals surface area contributed by atoms with Gasteiger partial charge in [0.05, 0.1) is 12.2 Å². The number of amides is 2. The van der Waals surface area contributed by atoms with Crippen molar-refractivity contribution in [2.75, 3.05) is 44.6 Å². The first-order valence-electron chi connectivity index (χ1n) is 8.73. The van der Waals surface area contributed by atoms with Gasteiger partial charge in [0, 0.05) is 57.3 Å². The first kappa shape index (κ1) is 19.0. The second-order valence-corrected chi connectivity index (χ2v) is 8.56. The van der Waals surface area contributed by atoms with Gasteiger partial charge in [0.1, 0.15) is 0 Å². The predicted octanol–water partition coefficient (Wildman–Crippen LogP) is 0.585. The summed E-state index contributed by atoms with van der Waals surface area (Å²) in [6.45, 7) is 5.74. The molecule has 2 aliphatic rings. The minimum absolute atomic E-state index is 0.124. The third-order valence-corrected chi connectivity index (χ3v) is 6.46. The molecule has 2 aliphatic heterocycles. The third-order valence-electron chi connectivity index (χ3n) is 4.50. The molecule has 9 nitrogen and oxygen atoms in total. The molecule has 1 aromatic rings. The number of anilines is 1. The molecule has 2 fully saturated rings. The minimum Gasteiger partial charge on any atom is -0.373 e. The smallest absolute Gasteiger partial charge is 0.321 e. The molecule has 1 aromatic heterocycles. The number of carbonyl (C=O) groups is 1. The lowest BCUT2D eigenvalue weighted by Gasteiger charge is -2.40. The van der Waals surface area contributed by atoms with Crippen molar-refractivity contribution in [3.8, 4) is 0 Å². The van der Waals surface area contributed by atoms with Gasteiger partial charge < -0.3 is 15.0 Å². The molecule has 2 saturated heterocycles. The summed E-state index contributed by atoms with van der Waals surface area (Å²) >= 11 is 0. The average Bonchev–Trinajstić information content (AvgIpc) is 2.62. The summed E-state index contributed by atoms with van der Waals surface area (Å²) in [6, 6.07) is 3.18. The molecule has 2 amide bonds. The first-order chi connectivity index (χ1) is 12.4. The number of ether oxygens (including phenoxy) is 1. The van der Waals surface area contributed by atoms with Gasteiger partial charge in [-0.1, -0.05) is 0 Å². The first-order valence-corrected chi connectivity index (χ1v) is 10.1. The van der Waals surface area contributed by atoms with E-state index in [1.807, 2.05) is 13.8 Å². The fourth-order valence-corrected chi connectivity index (χ4v) is 4.99. The van der Waals surface area contributed by atoms with Crippen molar-refractivity contribution in [1.82, 2.24) is 18.5 Å². The molecule has 2 unspecified atom stereocenters. The van der Waals surface area contributed by atoms with Crippen LogP contribution in [0.5, 0.6) is 0 Å². The van der Waals surface area contributed by atoms with Crippen LogP contribution in [0.25, 0.3) is 0 Å². The zero-order chi connectivity index (χ0) is 18.7. The van der Waals surface area contributed by atoms with Crippen LogP contribution in [0.4, 0.5) is 10.5 Å². The second kappa shape index (κ2) is 7.87. The van der Waals surface area contributed by atoms with Gasteiger partial charge in [0.15, 0.2) is 0 Å². The van der Waals surface area contributed by atoms with E-state index in [0.29, 0.717) is 31.9 Å². The highest BCUT2D eigenvalue weighted by Gasteiger charge is 2.37. The molecule has 0 aromatic carbocycles. The largest absolute Gasteiger partial charge is 0.373 e. The fraction of sp³-hybridized carbons (Fsp3) is 0.625. The summed E-state index contributed by atoms with van der Waals surface area (Å²) in [5.74, 6) is 0. The van der Waals surface area contributed by atoms with Gasteiger partial charge in [-0.25, -0.2) is 4.79 Å². The highest BCUT2D eigenvalue weighted by Crippen LogP contribution is 2.19. The molecule has 10 heteroatoms. The van der Waals surface area contributed by atoms with E-state index in [0.717, 1.165) is 0 Å². The van der Waals surface area contributed by atoms with Gasteiger partial charge in [-0.3, -0.25) is 4.98 Å². The SMILES string of the molecule is CC1CN(S(=O)(=O)N2CCN(C(=O)Nc3ccncc3)CC2)CC(C)O1. The Kier molecular flexibility index (Phi) is 5.76. The van der Waals surface area contributed by atoms with Crippen LogP contribution in [0.2, 0.25) is 0 Å². The highest BCUT2D eigenvalue weighted by molar-refractivity contribution is 7.86. The van der Waals surface area contributed by atoms with E-state index in [2.05, 4.69) is 10.3 Å². The number of nitrogens with zero attached hydrogens (tertiary/aromatic N) is 4. The fourth-order valence-electron chi connectivity index (χ4n) is 3.24. The lowest BCUT2D eigenvalue weighted by molar-refractivity contribution is -0.0456. The van der Waals surface area contributed by atoms with Gasteiger partial charge in [-0.15, -0.1) is 0 Å². The van der Waals surface area contributed by atoms with Crippen molar-refractivity contribution in [2.24, 2.45) is 0 Å². The van der Waals surface area contributed by atoms with Crippen LogP contribution in [-0.4, -0.2) is 84.4 Å². The maximum atomic E-state index is 12.9. The topological polar surface area (TPSA) is 95.1 Å². The van der Waals surface area contributed by atoms with Crippen LogP contribution in [0, 0.1) is 0 Å². The van der Waals surface area contributed by atoms with Crippen LogP contribution in [0.1, 0.15) is 13.8 Å². The molecule has 0 bridgehead atoms.